The molecule has 2 heteroatoms. The summed E-state index contributed by atoms with van der Waals surface area (Å²) in [7, 11) is 1.78. The minimum Gasteiger partial charge on any atom is -0.383 e. The fraction of sp³-hybridized carbons (Fsp3) is 1.00. The van der Waals surface area contributed by atoms with Gasteiger partial charge in [-0.1, -0.05) is 0 Å². The van der Waals surface area contributed by atoms with Gasteiger partial charge in [-0.3, -0.25) is 0 Å². The van der Waals surface area contributed by atoms with E-state index in [1.807, 2.05) is 0 Å². The molecule has 2 N–H and O–H groups in total. The number of nitrogens with two attached hydrogens (primary N) is 1. The Bertz CT molecular complexity index is 246. The Kier molecular flexibility index (Phi) is 2.56. The van der Waals surface area contributed by atoms with Gasteiger partial charge in [0.2, 0.25) is 0 Å². The van der Waals surface area contributed by atoms with E-state index < -0.39 is 0 Å². The van der Waals surface area contributed by atoms with Gasteiger partial charge in [0.25, 0.3) is 0 Å². The van der Waals surface area contributed by atoms with Crippen LogP contribution in [0.4, 0.5) is 0 Å². The maximum Gasteiger partial charge on any atom is 0.0642 e. The summed E-state index contributed by atoms with van der Waals surface area (Å²) in [6, 6.07) is 0. The topological polar surface area (TPSA) is 35.2 Å². The Labute approximate surface area is 98.9 Å². The first-order valence-corrected chi connectivity index (χ1v) is 6.88. The molecule has 4 fully saturated rings. The van der Waals surface area contributed by atoms with Crippen LogP contribution in [0.5, 0.6) is 0 Å². The molecule has 0 spiro atoms. The van der Waals surface area contributed by atoms with Gasteiger partial charge >= 0.3 is 0 Å². The van der Waals surface area contributed by atoms with E-state index in [-0.39, 0.29) is 5.54 Å². The van der Waals surface area contributed by atoms with Crippen LogP contribution < -0.4 is 5.73 Å². The average Bonchev–Trinajstić information content (AvgIpc) is 2.14. The molecule has 0 aliphatic heterocycles. The summed E-state index contributed by atoms with van der Waals surface area (Å²) in [4.78, 5) is 0. The van der Waals surface area contributed by atoms with Crippen molar-refractivity contribution in [3.05, 3.63) is 0 Å². The molecule has 1 unspecified atom stereocenters. The van der Waals surface area contributed by atoms with Crippen LogP contribution in [0.25, 0.3) is 0 Å². The van der Waals surface area contributed by atoms with Crippen LogP contribution in [0.2, 0.25) is 0 Å². The van der Waals surface area contributed by atoms with Crippen LogP contribution in [-0.4, -0.2) is 19.3 Å². The van der Waals surface area contributed by atoms with E-state index in [0.717, 1.165) is 36.2 Å². The van der Waals surface area contributed by atoms with Crippen molar-refractivity contribution in [2.45, 2.75) is 44.6 Å². The van der Waals surface area contributed by atoms with Crippen LogP contribution in [0, 0.1) is 29.6 Å². The molecule has 0 aromatic rings. The molecule has 4 rings (SSSR count). The molecule has 1 atom stereocenters. The first-order valence-electron chi connectivity index (χ1n) is 6.88. The van der Waals surface area contributed by atoms with E-state index in [2.05, 4.69) is 6.92 Å². The summed E-state index contributed by atoms with van der Waals surface area (Å²) in [5.41, 5.74) is 6.43. The molecule has 0 aromatic carbocycles. The summed E-state index contributed by atoms with van der Waals surface area (Å²) in [6.07, 6.45) is 7.33. The van der Waals surface area contributed by atoms with Crippen LogP contribution in [-0.2, 0) is 4.74 Å². The van der Waals surface area contributed by atoms with Gasteiger partial charge in [-0.15, -0.1) is 0 Å². The van der Waals surface area contributed by atoms with E-state index in [9.17, 15) is 0 Å². The van der Waals surface area contributed by atoms with Gasteiger partial charge in [0.05, 0.1) is 6.61 Å². The standard InChI is InChI=1S/C14H25NO/c1-14(15,8-16-2)13-11-4-9-3-10(6-11)7-12(13)5-9/h9-13H,3-8,15H2,1-2H3. The summed E-state index contributed by atoms with van der Waals surface area (Å²) in [6.45, 7) is 2.93. The Morgan fingerprint density at radius 2 is 1.56 bits per heavy atom. The van der Waals surface area contributed by atoms with E-state index in [4.69, 9.17) is 10.5 Å². The molecule has 0 amide bonds. The third kappa shape index (κ3) is 1.62. The summed E-state index contributed by atoms with van der Waals surface area (Å²) >= 11 is 0. The summed E-state index contributed by atoms with van der Waals surface area (Å²) in [5.74, 6) is 4.61. The Hall–Kier alpha value is -0.0800. The first-order chi connectivity index (χ1) is 7.60. The molecule has 2 nitrogen and oxygen atoms in total. The Morgan fingerprint density at radius 3 is 2.00 bits per heavy atom. The van der Waals surface area contributed by atoms with Crippen molar-refractivity contribution in [2.75, 3.05) is 13.7 Å². The molecular weight excluding hydrogens is 198 g/mol. The molecule has 0 radical (unpaired) electrons. The Balaban J connectivity index is 1.81. The highest BCUT2D eigenvalue weighted by Crippen LogP contribution is 2.58. The monoisotopic (exact) mass is 223 g/mol. The molecule has 4 aliphatic rings. The van der Waals surface area contributed by atoms with Crippen LogP contribution >= 0.6 is 0 Å². The minimum atomic E-state index is -0.0998. The molecule has 0 saturated heterocycles. The molecular formula is C14H25NO. The zero-order valence-electron chi connectivity index (χ0n) is 10.6. The van der Waals surface area contributed by atoms with E-state index in [0.29, 0.717) is 0 Å². The second-order valence-electron chi connectivity index (χ2n) is 6.90. The molecule has 4 bridgehead atoms. The van der Waals surface area contributed by atoms with Crippen molar-refractivity contribution in [2.24, 2.45) is 35.3 Å². The zero-order valence-corrected chi connectivity index (χ0v) is 10.6. The largest absolute Gasteiger partial charge is 0.383 e. The molecule has 92 valence electrons. The second-order valence-corrected chi connectivity index (χ2v) is 6.90. The fourth-order valence-corrected chi connectivity index (χ4v) is 5.41. The lowest BCUT2D eigenvalue weighted by atomic mass is 9.48. The van der Waals surface area contributed by atoms with Crippen LogP contribution in [0.1, 0.15) is 39.0 Å². The van der Waals surface area contributed by atoms with E-state index in [1.54, 1.807) is 7.11 Å². The van der Waals surface area contributed by atoms with E-state index in [1.165, 1.54) is 32.1 Å². The minimum absolute atomic E-state index is 0.0998. The summed E-state index contributed by atoms with van der Waals surface area (Å²) < 4.78 is 5.34. The smallest absolute Gasteiger partial charge is 0.0642 e. The quantitative estimate of drug-likeness (QED) is 0.797. The normalized spacial score (nSPS) is 49.3. The van der Waals surface area contributed by atoms with Gasteiger partial charge in [-0.05, 0) is 68.6 Å². The van der Waals surface area contributed by atoms with Gasteiger partial charge in [0.15, 0.2) is 0 Å². The third-order valence-corrected chi connectivity index (χ3v) is 5.44. The molecule has 0 heterocycles. The maximum atomic E-state index is 6.53. The zero-order chi connectivity index (χ0) is 11.3. The lowest BCUT2D eigenvalue weighted by Gasteiger charge is -2.58. The van der Waals surface area contributed by atoms with Gasteiger partial charge < -0.3 is 10.5 Å². The van der Waals surface area contributed by atoms with Crippen molar-refractivity contribution in [3.8, 4) is 0 Å². The third-order valence-electron chi connectivity index (χ3n) is 5.44. The number of hydrogen-bond acceptors (Lipinski definition) is 2. The van der Waals surface area contributed by atoms with Crippen molar-refractivity contribution >= 4 is 0 Å². The van der Waals surface area contributed by atoms with Crippen molar-refractivity contribution in [3.63, 3.8) is 0 Å². The van der Waals surface area contributed by atoms with Crippen molar-refractivity contribution in [1.29, 1.82) is 0 Å². The highest BCUT2D eigenvalue weighted by molar-refractivity contribution is 5.05. The molecule has 4 saturated carbocycles. The number of rotatable bonds is 3. The van der Waals surface area contributed by atoms with Gasteiger partial charge in [-0.25, -0.2) is 0 Å². The predicted molar refractivity (Wildman–Crippen MR) is 65.0 cm³/mol. The number of methoxy groups -OCH3 is 1. The van der Waals surface area contributed by atoms with Gasteiger partial charge in [0, 0.05) is 12.6 Å². The lowest BCUT2D eigenvalue weighted by Crippen LogP contribution is -2.59. The highest BCUT2D eigenvalue weighted by atomic mass is 16.5. The highest BCUT2D eigenvalue weighted by Gasteiger charge is 2.52. The fourth-order valence-electron chi connectivity index (χ4n) is 5.41. The molecule has 0 aromatic heterocycles. The number of ether oxygens (including phenoxy) is 1. The molecule has 16 heavy (non-hydrogen) atoms. The van der Waals surface area contributed by atoms with Gasteiger partial charge in [-0.2, -0.15) is 0 Å². The second kappa shape index (κ2) is 3.71. The van der Waals surface area contributed by atoms with Crippen molar-refractivity contribution in [1.82, 2.24) is 0 Å². The molecule has 4 aliphatic carbocycles. The van der Waals surface area contributed by atoms with Gasteiger partial charge in [0.1, 0.15) is 0 Å². The maximum absolute atomic E-state index is 6.53. The van der Waals surface area contributed by atoms with Crippen LogP contribution in [0.3, 0.4) is 0 Å². The number of hydrogen-bond donors (Lipinski definition) is 1. The lowest BCUT2D eigenvalue weighted by molar-refractivity contribution is -0.0793. The van der Waals surface area contributed by atoms with Crippen molar-refractivity contribution < 1.29 is 4.74 Å². The SMILES string of the molecule is COCC(C)(N)C1C2CC3CC(C2)CC1C3. The first kappa shape index (κ1) is 11.0. The Morgan fingerprint density at radius 1 is 1.06 bits per heavy atom. The summed E-state index contributed by atoms with van der Waals surface area (Å²) in [5, 5.41) is 0. The predicted octanol–water partition coefficient (Wildman–Crippen LogP) is 2.42. The average molecular weight is 223 g/mol. The van der Waals surface area contributed by atoms with Crippen LogP contribution in [0.15, 0.2) is 0 Å². The van der Waals surface area contributed by atoms with E-state index >= 15 is 0 Å².